The van der Waals surface area contributed by atoms with Crippen LogP contribution in [0.15, 0.2) is 24.3 Å². The molecule has 0 saturated heterocycles. The Bertz CT molecular complexity index is 271. The van der Waals surface area contributed by atoms with Crippen molar-refractivity contribution in [3.63, 3.8) is 0 Å². The predicted molar refractivity (Wildman–Crippen MR) is 62.7 cm³/mol. The number of hydrogen-bond acceptors (Lipinski definition) is 2. The molecule has 1 atom stereocenters. The Labute approximate surface area is 86.7 Å². The van der Waals surface area contributed by atoms with Gasteiger partial charge in [-0.25, -0.2) is 0 Å². The van der Waals surface area contributed by atoms with E-state index in [1.54, 1.807) is 0 Å². The summed E-state index contributed by atoms with van der Waals surface area (Å²) >= 11 is 0. The lowest BCUT2D eigenvalue weighted by atomic mass is 9.98. The summed E-state index contributed by atoms with van der Waals surface area (Å²) in [4.78, 5) is 0. The number of anilines is 1. The maximum absolute atomic E-state index is 3.39. The van der Waals surface area contributed by atoms with Crippen molar-refractivity contribution in [3.05, 3.63) is 29.8 Å². The maximum Gasteiger partial charge on any atom is 0.0388 e. The number of benzene rings is 1. The lowest BCUT2D eigenvalue weighted by molar-refractivity contribution is 0.551. The molecule has 14 heavy (non-hydrogen) atoms. The molecule has 1 aliphatic rings. The van der Waals surface area contributed by atoms with E-state index < -0.39 is 0 Å². The van der Waals surface area contributed by atoms with Crippen LogP contribution in [-0.4, -0.2) is 13.6 Å². The zero-order valence-corrected chi connectivity index (χ0v) is 9.30. The van der Waals surface area contributed by atoms with Gasteiger partial charge in [-0.1, -0.05) is 32.0 Å². The predicted octanol–water partition coefficient (Wildman–Crippen LogP) is 2.79. The highest BCUT2D eigenvalue weighted by molar-refractivity contribution is 5.54. The molecule has 1 heterocycles. The van der Waals surface area contributed by atoms with Crippen molar-refractivity contribution in [2.45, 2.75) is 26.3 Å². The summed E-state index contributed by atoms with van der Waals surface area (Å²) in [5, 5.41) is 6.71. The smallest absolute Gasteiger partial charge is 0.0388 e. The standard InChI is InChI=1S/C10H14N2.C2H6/c1-11-9-6-7-12-10-5-3-2-4-8(9)10;1-2/h2-5,9,11-12H,6-7H2,1H3;1-2H3. The zero-order valence-electron chi connectivity index (χ0n) is 9.30. The Morgan fingerprint density at radius 2 is 2.00 bits per heavy atom. The third-order valence-corrected chi connectivity index (χ3v) is 2.43. The number of nitrogens with one attached hydrogen (secondary N) is 2. The monoisotopic (exact) mass is 192 g/mol. The second-order valence-electron chi connectivity index (χ2n) is 3.14. The van der Waals surface area contributed by atoms with Gasteiger partial charge in [-0.2, -0.15) is 0 Å². The van der Waals surface area contributed by atoms with Crippen molar-refractivity contribution in [1.82, 2.24) is 5.32 Å². The van der Waals surface area contributed by atoms with Crippen LogP contribution in [-0.2, 0) is 0 Å². The van der Waals surface area contributed by atoms with E-state index >= 15 is 0 Å². The van der Waals surface area contributed by atoms with Gasteiger partial charge in [0, 0.05) is 18.3 Å². The van der Waals surface area contributed by atoms with E-state index in [1.165, 1.54) is 17.7 Å². The molecule has 1 aromatic carbocycles. The first kappa shape index (κ1) is 11.1. The molecule has 1 aromatic rings. The molecule has 78 valence electrons. The quantitative estimate of drug-likeness (QED) is 0.715. The Balaban J connectivity index is 0.000000461. The number of rotatable bonds is 1. The lowest BCUT2D eigenvalue weighted by Crippen LogP contribution is -2.25. The van der Waals surface area contributed by atoms with E-state index in [4.69, 9.17) is 0 Å². The van der Waals surface area contributed by atoms with Gasteiger partial charge >= 0.3 is 0 Å². The van der Waals surface area contributed by atoms with Crippen molar-refractivity contribution in [2.75, 3.05) is 18.9 Å². The third kappa shape index (κ3) is 2.26. The third-order valence-electron chi connectivity index (χ3n) is 2.43. The minimum atomic E-state index is 0.530. The summed E-state index contributed by atoms with van der Waals surface area (Å²) in [6.07, 6.45) is 1.17. The molecule has 2 nitrogen and oxygen atoms in total. The van der Waals surface area contributed by atoms with Gasteiger partial charge < -0.3 is 10.6 Å². The second kappa shape index (κ2) is 5.66. The summed E-state index contributed by atoms with van der Waals surface area (Å²) in [5.74, 6) is 0. The molecule has 0 bridgehead atoms. The van der Waals surface area contributed by atoms with Crippen LogP contribution in [0.3, 0.4) is 0 Å². The Morgan fingerprint density at radius 1 is 1.29 bits per heavy atom. The fraction of sp³-hybridized carbons (Fsp3) is 0.500. The normalized spacial score (nSPS) is 18.6. The van der Waals surface area contributed by atoms with Crippen LogP contribution in [0, 0.1) is 0 Å². The van der Waals surface area contributed by atoms with E-state index in [9.17, 15) is 0 Å². The SMILES string of the molecule is CC.CNC1CCNc2ccccc21. The van der Waals surface area contributed by atoms with Crippen LogP contribution < -0.4 is 10.6 Å². The topological polar surface area (TPSA) is 24.1 Å². The van der Waals surface area contributed by atoms with Crippen LogP contribution in [0.25, 0.3) is 0 Å². The fourth-order valence-electron chi connectivity index (χ4n) is 1.77. The van der Waals surface area contributed by atoms with Crippen molar-refractivity contribution in [3.8, 4) is 0 Å². The largest absolute Gasteiger partial charge is 0.385 e. The Hall–Kier alpha value is -1.02. The van der Waals surface area contributed by atoms with Gasteiger partial charge in [0.2, 0.25) is 0 Å². The molecule has 0 spiro atoms. The highest BCUT2D eigenvalue weighted by Crippen LogP contribution is 2.28. The molecule has 1 unspecified atom stereocenters. The minimum absolute atomic E-state index is 0.530. The van der Waals surface area contributed by atoms with Crippen LogP contribution in [0.5, 0.6) is 0 Å². The number of hydrogen-bond donors (Lipinski definition) is 2. The van der Waals surface area contributed by atoms with E-state index in [0.717, 1.165) is 6.54 Å². The van der Waals surface area contributed by atoms with Gasteiger partial charge in [0.25, 0.3) is 0 Å². The molecule has 0 amide bonds. The Morgan fingerprint density at radius 3 is 2.71 bits per heavy atom. The van der Waals surface area contributed by atoms with Gasteiger partial charge in [0.05, 0.1) is 0 Å². The molecule has 0 fully saturated rings. The van der Waals surface area contributed by atoms with Crippen LogP contribution in [0.4, 0.5) is 5.69 Å². The van der Waals surface area contributed by atoms with E-state index in [1.807, 2.05) is 20.9 Å². The van der Waals surface area contributed by atoms with Gasteiger partial charge in [-0.05, 0) is 25.1 Å². The van der Waals surface area contributed by atoms with Gasteiger partial charge in [-0.15, -0.1) is 0 Å². The summed E-state index contributed by atoms with van der Waals surface area (Å²) < 4.78 is 0. The van der Waals surface area contributed by atoms with Gasteiger partial charge in [0.1, 0.15) is 0 Å². The van der Waals surface area contributed by atoms with Crippen LogP contribution in [0.1, 0.15) is 31.9 Å². The molecule has 0 aliphatic carbocycles. The van der Waals surface area contributed by atoms with E-state index in [2.05, 4.69) is 34.9 Å². The molecule has 2 heteroatoms. The zero-order chi connectivity index (χ0) is 10.4. The Kier molecular flexibility index (Phi) is 4.47. The molecule has 2 rings (SSSR count). The van der Waals surface area contributed by atoms with Crippen molar-refractivity contribution < 1.29 is 0 Å². The number of fused-ring (bicyclic) bond motifs is 1. The summed E-state index contributed by atoms with van der Waals surface area (Å²) in [6, 6.07) is 9.02. The van der Waals surface area contributed by atoms with Gasteiger partial charge in [-0.3, -0.25) is 0 Å². The van der Waals surface area contributed by atoms with Crippen LogP contribution in [0.2, 0.25) is 0 Å². The highest BCUT2D eigenvalue weighted by Gasteiger charge is 2.16. The van der Waals surface area contributed by atoms with Crippen molar-refractivity contribution >= 4 is 5.69 Å². The maximum atomic E-state index is 3.39. The second-order valence-corrected chi connectivity index (χ2v) is 3.14. The summed E-state index contributed by atoms with van der Waals surface area (Å²) in [7, 11) is 2.02. The van der Waals surface area contributed by atoms with Crippen molar-refractivity contribution in [2.24, 2.45) is 0 Å². The molecule has 1 aliphatic heterocycles. The van der Waals surface area contributed by atoms with Crippen molar-refractivity contribution in [1.29, 1.82) is 0 Å². The first-order chi connectivity index (χ1) is 6.92. The summed E-state index contributed by atoms with van der Waals surface area (Å²) in [5.41, 5.74) is 2.68. The van der Waals surface area contributed by atoms with E-state index in [0.29, 0.717) is 6.04 Å². The fourth-order valence-corrected chi connectivity index (χ4v) is 1.77. The average Bonchev–Trinajstić information content (AvgIpc) is 2.31. The summed E-state index contributed by atoms with van der Waals surface area (Å²) in [6.45, 7) is 5.07. The molecular weight excluding hydrogens is 172 g/mol. The minimum Gasteiger partial charge on any atom is -0.385 e. The van der Waals surface area contributed by atoms with Gasteiger partial charge in [0.15, 0.2) is 0 Å². The molecule has 2 N–H and O–H groups in total. The molecule has 0 saturated carbocycles. The molecule has 0 aromatic heterocycles. The highest BCUT2D eigenvalue weighted by atomic mass is 15.0. The molecule has 0 radical (unpaired) electrons. The first-order valence-corrected chi connectivity index (χ1v) is 5.42. The van der Waals surface area contributed by atoms with Crippen LogP contribution >= 0.6 is 0 Å². The first-order valence-electron chi connectivity index (χ1n) is 5.42. The lowest BCUT2D eigenvalue weighted by Gasteiger charge is -2.26. The van der Waals surface area contributed by atoms with E-state index in [-0.39, 0.29) is 0 Å². The number of para-hydroxylation sites is 1. The molecular formula is C12H20N2. The average molecular weight is 192 g/mol.